The van der Waals surface area contributed by atoms with Crippen molar-refractivity contribution in [2.75, 3.05) is 0 Å². The van der Waals surface area contributed by atoms with Gasteiger partial charge in [-0.1, -0.05) is 146 Å². The number of allylic oxidation sites excluding steroid dienone is 3. The van der Waals surface area contributed by atoms with Crippen LogP contribution in [0.3, 0.4) is 0 Å². The molecule has 0 bridgehead atoms. The van der Waals surface area contributed by atoms with E-state index in [1.54, 1.807) is 0 Å². The summed E-state index contributed by atoms with van der Waals surface area (Å²) in [6.07, 6.45) is 7.55. The molecular weight excluding hydrogens is 649 g/mol. The second-order valence-corrected chi connectivity index (χ2v) is 14.3. The smallest absolute Gasteiger partial charge is 0.0921 e. The van der Waals surface area contributed by atoms with Crippen LogP contribution in [0.5, 0.6) is 0 Å². The number of hydrogen-bond acceptors (Lipinski definition) is 2. The molecule has 1 N–H and O–H groups in total. The van der Waals surface area contributed by atoms with Gasteiger partial charge in [0.1, 0.15) is 0 Å². The first-order chi connectivity index (χ1) is 25.7. The van der Waals surface area contributed by atoms with Crippen LogP contribution in [-0.2, 0) is 6.67 Å². The number of nitrogens with one attached hydrogen (secondary N) is 1. The van der Waals surface area contributed by atoms with Crippen LogP contribution in [0.2, 0.25) is 0 Å². The first kappa shape index (κ1) is 31.8. The van der Waals surface area contributed by atoms with Crippen LogP contribution in [0, 0.1) is 0 Å². The third-order valence-corrected chi connectivity index (χ3v) is 11.3. The molecule has 0 spiro atoms. The molecule has 0 unspecified atom stereocenters. The molecule has 0 atom stereocenters. The van der Waals surface area contributed by atoms with Crippen molar-refractivity contribution in [2.45, 2.75) is 20.0 Å². The molecular formula is C49H38N2S. The van der Waals surface area contributed by atoms with E-state index in [1.165, 1.54) is 86.5 Å². The molecule has 0 fully saturated rings. The van der Waals surface area contributed by atoms with Gasteiger partial charge in [-0.05, 0) is 93.5 Å². The lowest BCUT2D eigenvalue weighted by molar-refractivity contribution is 0.683. The number of rotatable bonds is 9. The molecule has 0 aliphatic rings. The minimum atomic E-state index is 0.669. The second kappa shape index (κ2) is 13.9. The first-order valence-electron chi connectivity index (χ1n) is 18.0. The highest BCUT2D eigenvalue weighted by Crippen LogP contribution is 2.41. The molecule has 0 aliphatic heterocycles. The van der Waals surface area contributed by atoms with E-state index in [0.717, 1.165) is 6.42 Å². The molecule has 2 aromatic heterocycles. The topological polar surface area (TPSA) is 17.0 Å². The van der Waals surface area contributed by atoms with E-state index in [-0.39, 0.29) is 0 Å². The quantitative estimate of drug-likeness (QED) is 0.150. The number of thiophene rings is 1. The number of aromatic nitrogens is 1. The van der Waals surface area contributed by atoms with Crippen molar-refractivity contribution < 1.29 is 0 Å². The number of benzene rings is 7. The maximum atomic E-state index is 3.62. The summed E-state index contributed by atoms with van der Waals surface area (Å²) >= 11 is 1.89. The third kappa shape index (κ3) is 5.89. The molecule has 0 aliphatic carbocycles. The second-order valence-electron chi connectivity index (χ2n) is 13.2. The number of nitrogens with zero attached hydrogens (tertiary/aromatic N) is 1. The summed E-state index contributed by atoms with van der Waals surface area (Å²) in [5, 5.41) is 8.83. The van der Waals surface area contributed by atoms with E-state index in [2.05, 4.69) is 199 Å². The zero-order valence-electron chi connectivity index (χ0n) is 29.1. The van der Waals surface area contributed by atoms with E-state index in [9.17, 15) is 0 Å². The van der Waals surface area contributed by atoms with Gasteiger partial charge < -0.3 is 9.88 Å². The summed E-state index contributed by atoms with van der Waals surface area (Å²) in [4.78, 5) is 0. The Balaban J connectivity index is 0.969. The van der Waals surface area contributed by atoms with Gasteiger partial charge in [-0.2, -0.15) is 0 Å². The van der Waals surface area contributed by atoms with Crippen LogP contribution >= 0.6 is 11.3 Å². The Morgan fingerprint density at radius 2 is 1.21 bits per heavy atom. The van der Waals surface area contributed by atoms with Gasteiger partial charge in [0.2, 0.25) is 0 Å². The van der Waals surface area contributed by atoms with Crippen LogP contribution in [-0.4, -0.2) is 4.57 Å². The van der Waals surface area contributed by atoms with Crippen molar-refractivity contribution in [1.29, 1.82) is 0 Å². The van der Waals surface area contributed by atoms with Gasteiger partial charge in [0.25, 0.3) is 0 Å². The fraction of sp³-hybridized carbons (Fsp3) is 0.0612. The summed E-state index contributed by atoms with van der Waals surface area (Å²) in [6, 6.07) is 59.5. The highest BCUT2D eigenvalue weighted by Gasteiger charge is 2.14. The molecule has 52 heavy (non-hydrogen) atoms. The summed E-state index contributed by atoms with van der Waals surface area (Å²) in [7, 11) is 0. The minimum absolute atomic E-state index is 0.669. The van der Waals surface area contributed by atoms with Crippen LogP contribution < -0.4 is 5.32 Å². The molecule has 250 valence electrons. The molecule has 9 aromatic rings. The summed E-state index contributed by atoms with van der Waals surface area (Å²) in [5.74, 6) is 0. The van der Waals surface area contributed by atoms with Gasteiger partial charge >= 0.3 is 0 Å². The molecule has 0 saturated heterocycles. The molecule has 7 aromatic carbocycles. The fourth-order valence-electron chi connectivity index (χ4n) is 7.52. The fourth-order valence-corrected chi connectivity index (χ4v) is 8.76. The van der Waals surface area contributed by atoms with Crippen molar-refractivity contribution in [1.82, 2.24) is 9.88 Å². The number of para-hydroxylation sites is 1. The highest BCUT2D eigenvalue weighted by atomic mass is 32.1. The van der Waals surface area contributed by atoms with Gasteiger partial charge in [0, 0.05) is 30.9 Å². The zero-order chi connectivity index (χ0) is 34.9. The Kier molecular flexibility index (Phi) is 8.48. The van der Waals surface area contributed by atoms with Gasteiger partial charge in [-0.3, -0.25) is 0 Å². The van der Waals surface area contributed by atoms with Crippen LogP contribution in [0.1, 0.15) is 18.9 Å². The number of hydrogen-bond donors (Lipinski definition) is 1. The Morgan fingerprint density at radius 1 is 0.558 bits per heavy atom. The molecule has 0 saturated carbocycles. The zero-order valence-corrected chi connectivity index (χ0v) is 29.9. The van der Waals surface area contributed by atoms with E-state index in [0.29, 0.717) is 6.67 Å². The molecule has 0 amide bonds. The first-order valence-corrected chi connectivity index (χ1v) is 18.8. The van der Waals surface area contributed by atoms with Crippen molar-refractivity contribution in [3.8, 4) is 33.4 Å². The van der Waals surface area contributed by atoms with E-state index >= 15 is 0 Å². The lowest BCUT2D eigenvalue weighted by Crippen LogP contribution is -2.11. The maximum absolute atomic E-state index is 3.62. The van der Waals surface area contributed by atoms with Crippen LogP contribution in [0.15, 0.2) is 182 Å². The lowest BCUT2D eigenvalue weighted by Gasteiger charge is -2.10. The molecule has 2 nitrogen and oxygen atoms in total. The van der Waals surface area contributed by atoms with Gasteiger partial charge in [-0.25, -0.2) is 0 Å². The Morgan fingerprint density at radius 3 is 2.04 bits per heavy atom. The third-order valence-electron chi connectivity index (χ3n) is 10.1. The van der Waals surface area contributed by atoms with Gasteiger partial charge in [0.05, 0.1) is 17.7 Å². The number of fused-ring (bicyclic) bond motifs is 6. The molecule has 0 radical (unpaired) electrons. The van der Waals surface area contributed by atoms with Crippen molar-refractivity contribution in [3.05, 3.63) is 188 Å². The molecule has 2 heterocycles. The lowest BCUT2D eigenvalue weighted by atomic mass is 9.97. The molecule has 3 heteroatoms. The Bertz CT molecular complexity index is 2760. The summed E-state index contributed by atoms with van der Waals surface area (Å²) in [5.41, 5.74) is 12.3. The average Bonchev–Trinajstić information content (AvgIpc) is 3.75. The average molecular weight is 687 g/mol. The minimum Gasteiger partial charge on any atom is -0.373 e. The van der Waals surface area contributed by atoms with E-state index < -0.39 is 0 Å². The van der Waals surface area contributed by atoms with Crippen molar-refractivity contribution in [3.63, 3.8) is 0 Å². The van der Waals surface area contributed by atoms with Crippen LogP contribution in [0.4, 0.5) is 0 Å². The summed E-state index contributed by atoms with van der Waals surface area (Å²) in [6.45, 7) is 2.86. The van der Waals surface area contributed by atoms with Crippen molar-refractivity contribution in [2.24, 2.45) is 0 Å². The van der Waals surface area contributed by atoms with Crippen molar-refractivity contribution >= 4 is 58.9 Å². The van der Waals surface area contributed by atoms with E-state index in [1.807, 2.05) is 11.3 Å². The monoisotopic (exact) mass is 686 g/mol. The predicted octanol–water partition coefficient (Wildman–Crippen LogP) is 13.7. The van der Waals surface area contributed by atoms with Gasteiger partial charge in [0.15, 0.2) is 0 Å². The standard InChI is InChI=1S/C49H38N2S/c1-2-12-34(36-23-25-37(26-24-36)39-16-10-15-38(31-39)35-13-4-3-5-14-35)29-30-50-33-51-46-21-8-6-17-42(46)45-32-40(27-28-47(45)51)41-19-11-20-44-43-18-7-9-22-48(43)52-49(41)44/h3-32,50H,2,33H2,1H3/b30-29-,34-12-. The van der Waals surface area contributed by atoms with E-state index in [4.69, 9.17) is 0 Å². The Hall–Kier alpha value is -6.16. The van der Waals surface area contributed by atoms with Gasteiger partial charge in [-0.15, -0.1) is 11.3 Å². The Labute approximate surface area is 308 Å². The largest absolute Gasteiger partial charge is 0.373 e. The molecule has 9 rings (SSSR count). The highest BCUT2D eigenvalue weighted by molar-refractivity contribution is 7.26. The maximum Gasteiger partial charge on any atom is 0.0921 e. The predicted molar refractivity (Wildman–Crippen MR) is 226 cm³/mol. The SMILES string of the molecule is CC/C=C(/C=C\NCn1c2ccccc2c2cc(-c3cccc4c3sc3ccccc34)ccc21)c1ccc(-c2cccc(-c3ccccc3)c2)cc1. The normalized spacial score (nSPS) is 12.1. The summed E-state index contributed by atoms with van der Waals surface area (Å²) < 4.78 is 5.07. The van der Waals surface area contributed by atoms with Crippen LogP contribution in [0.25, 0.3) is 80.9 Å².